The van der Waals surface area contributed by atoms with Gasteiger partial charge >= 0.3 is 0 Å². The van der Waals surface area contributed by atoms with Crippen LogP contribution in [0.1, 0.15) is 36.5 Å². The topological polar surface area (TPSA) is 20.3 Å². The molecule has 0 aromatic heterocycles. The fraction of sp³-hybridized carbons (Fsp3) is 0.533. The highest BCUT2D eigenvalue weighted by Crippen LogP contribution is 2.26. The number of ketones is 1. The minimum atomic E-state index is 0.302. The van der Waals surface area contributed by atoms with E-state index in [-0.39, 0.29) is 0 Å². The molecule has 1 aliphatic heterocycles. The first-order chi connectivity index (χ1) is 8.83. The van der Waals surface area contributed by atoms with E-state index in [9.17, 15) is 4.79 Å². The van der Waals surface area contributed by atoms with Crippen LogP contribution in [0.25, 0.3) is 0 Å². The van der Waals surface area contributed by atoms with Gasteiger partial charge in [-0.1, -0.05) is 19.1 Å². The Morgan fingerprint density at radius 3 is 3.00 bits per heavy atom. The van der Waals surface area contributed by atoms with E-state index in [1.54, 1.807) is 0 Å². The van der Waals surface area contributed by atoms with Gasteiger partial charge in [-0.3, -0.25) is 4.79 Å². The van der Waals surface area contributed by atoms with Gasteiger partial charge < -0.3 is 4.90 Å². The molecule has 2 rings (SSSR count). The highest BCUT2D eigenvalue weighted by Gasteiger charge is 2.19. The molecule has 3 heteroatoms. The Morgan fingerprint density at radius 1 is 1.33 bits per heavy atom. The molecule has 0 unspecified atom stereocenters. The van der Waals surface area contributed by atoms with Crippen LogP contribution >= 0.6 is 11.8 Å². The van der Waals surface area contributed by atoms with Gasteiger partial charge in [0.1, 0.15) is 0 Å². The maximum atomic E-state index is 12.0. The fourth-order valence-electron chi connectivity index (χ4n) is 2.40. The zero-order valence-corrected chi connectivity index (χ0v) is 11.8. The van der Waals surface area contributed by atoms with Gasteiger partial charge in [-0.2, -0.15) is 11.8 Å². The summed E-state index contributed by atoms with van der Waals surface area (Å²) in [7, 11) is 0. The van der Waals surface area contributed by atoms with Crippen LogP contribution < -0.4 is 4.90 Å². The van der Waals surface area contributed by atoms with E-state index >= 15 is 0 Å². The highest BCUT2D eigenvalue weighted by atomic mass is 32.2. The lowest BCUT2D eigenvalue weighted by Gasteiger charge is -2.24. The molecule has 0 saturated heterocycles. The van der Waals surface area contributed by atoms with Crippen LogP contribution in [0.4, 0.5) is 5.69 Å². The van der Waals surface area contributed by atoms with Gasteiger partial charge in [-0.05, 0) is 36.5 Å². The lowest BCUT2D eigenvalue weighted by Crippen LogP contribution is -2.25. The number of fused-ring (bicyclic) bond motifs is 1. The Balaban J connectivity index is 2.06. The van der Waals surface area contributed by atoms with Crippen molar-refractivity contribution >= 4 is 23.2 Å². The van der Waals surface area contributed by atoms with Crippen molar-refractivity contribution in [2.45, 2.75) is 26.2 Å². The molecule has 1 heterocycles. The second-order valence-corrected chi connectivity index (χ2v) is 5.98. The number of hydrogen-bond acceptors (Lipinski definition) is 3. The molecule has 0 saturated carbocycles. The van der Waals surface area contributed by atoms with Crippen LogP contribution in [-0.2, 0) is 0 Å². The van der Waals surface area contributed by atoms with E-state index in [0.717, 1.165) is 30.8 Å². The molecular formula is C15H21NOS. The number of hydrogen-bond donors (Lipinski definition) is 0. The Morgan fingerprint density at radius 2 is 2.17 bits per heavy atom. The third-order valence-electron chi connectivity index (χ3n) is 3.30. The quantitative estimate of drug-likeness (QED) is 0.757. The number of nitrogens with zero attached hydrogens (tertiary/aromatic N) is 1. The van der Waals surface area contributed by atoms with Gasteiger partial charge in [0, 0.05) is 30.8 Å². The Kier molecular flexibility index (Phi) is 5.12. The van der Waals surface area contributed by atoms with Gasteiger partial charge in [0.15, 0.2) is 5.78 Å². The van der Waals surface area contributed by atoms with Crippen LogP contribution in [-0.4, -0.2) is 30.4 Å². The SMILES string of the molecule is CCSCCCN1CCCC(=O)c2ccccc21. The highest BCUT2D eigenvalue weighted by molar-refractivity contribution is 7.99. The zero-order valence-electron chi connectivity index (χ0n) is 11.0. The molecule has 0 radical (unpaired) electrons. The number of anilines is 1. The molecule has 18 heavy (non-hydrogen) atoms. The van der Waals surface area contributed by atoms with Crippen molar-refractivity contribution in [3.05, 3.63) is 29.8 Å². The summed E-state index contributed by atoms with van der Waals surface area (Å²) >= 11 is 1.99. The monoisotopic (exact) mass is 263 g/mol. The molecule has 0 fully saturated rings. The number of thioether (sulfide) groups is 1. The molecule has 0 spiro atoms. The third kappa shape index (κ3) is 3.29. The van der Waals surface area contributed by atoms with Crippen LogP contribution in [0.2, 0.25) is 0 Å². The van der Waals surface area contributed by atoms with Crippen molar-refractivity contribution < 1.29 is 4.79 Å². The van der Waals surface area contributed by atoms with Gasteiger partial charge in [0.05, 0.1) is 0 Å². The smallest absolute Gasteiger partial charge is 0.165 e. The maximum absolute atomic E-state index is 12.0. The predicted octanol–water partition coefficient (Wildman–Crippen LogP) is 3.61. The molecule has 1 aromatic carbocycles. The third-order valence-corrected chi connectivity index (χ3v) is 4.28. The average molecular weight is 263 g/mol. The number of para-hydroxylation sites is 1. The van der Waals surface area contributed by atoms with E-state index < -0.39 is 0 Å². The Bertz CT molecular complexity index is 405. The minimum absolute atomic E-state index is 0.302. The Labute approximate surface area is 114 Å². The summed E-state index contributed by atoms with van der Waals surface area (Å²) in [4.78, 5) is 14.4. The molecule has 2 nitrogen and oxygen atoms in total. The lowest BCUT2D eigenvalue weighted by atomic mass is 10.1. The number of Topliss-reactive ketones (excluding diaryl/α,β-unsaturated/α-hetero) is 1. The van der Waals surface area contributed by atoms with Crippen molar-refractivity contribution in [1.29, 1.82) is 0 Å². The summed E-state index contributed by atoms with van der Waals surface area (Å²) in [5.41, 5.74) is 2.06. The number of carbonyl (C=O) groups excluding carboxylic acids is 1. The minimum Gasteiger partial charge on any atom is -0.371 e. The summed E-state index contributed by atoms with van der Waals surface area (Å²) in [6, 6.07) is 8.06. The van der Waals surface area contributed by atoms with E-state index in [0.29, 0.717) is 12.2 Å². The van der Waals surface area contributed by atoms with Crippen molar-refractivity contribution in [3.63, 3.8) is 0 Å². The summed E-state index contributed by atoms with van der Waals surface area (Å²) in [6.07, 6.45) is 2.87. The second kappa shape index (κ2) is 6.83. The van der Waals surface area contributed by atoms with Gasteiger partial charge in [-0.15, -0.1) is 0 Å². The summed E-state index contributed by atoms with van der Waals surface area (Å²) in [6.45, 7) is 4.28. The number of benzene rings is 1. The van der Waals surface area contributed by atoms with Crippen LogP contribution in [0, 0.1) is 0 Å². The molecule has 0 N–H and O–H groups in total. The van der Waals surface area contributed by atoms with Crippen LogP contribution in [0.3, 0.4) is 0 Å². The van der Waals surface area contributed by atoms with Gasteiger partial charge in [0.2, 0.25) is 0 Å². The normalized spacial score (nSPS) is 15.4. The average Bonchev–Trinajstić information content (AvgIpc) is 2.56. The standard InChI is InChI=1S/C15H21NOS/c1-2-18-12-6-11-16-10-5-9-15(17)13-7-3-4-8-14(13)16/h3-4,7-8H,2,5-6,9-12H2,1H3. The molecule has 1 aromatic rings. The molecule has 1 aliphatic rings. The van der Waals surface area contributed by atoms with Crippen LogP contribution in [0.5, 0.6) is 0 Å². The molecule has 0 aliphatic carbocycles. The van der Waals surface area contributed by atoms with Crippen molar-refractivity contribution in [2.24, 2.45) is 0 Å². The molecule has 0 amide bonds. The van der Waals surface area contributed by atoms with Crippen LogP contribution in [0.15, 0.2) is 24.3 Å². The molecule has 0 bridgehead atoms. The predicted molar refractivity (Wildman–Crippen MR) is 79.8 cm³/mol. The molecule has 0 atom stereocenters. The van der Waals surface area contributed by atoms with Crippen molar-refractivity contribution in [3.8, 4) is 0 Å². The van der Waals surface area contributed by atoms with Gasteiger partial charge in [-0.25, -0.2) is 0 Å². The largest absolute Gasteiger partial charge is 0.371 e. The van der Waals surface area contributed by atoms with E-state index in [1.165, 1.54) is 17.9 Å². The number of carbonyl (C=O) groups is 1. The molecular weight excluding hydrogens is 242 g/mol. The first kappa shape index (κ1) is 13.5. The fourth-order valence-corrected chi connectivity index (χ4v) is 3.03. The first-order valence-electron chi connectivity index (χ1n) is 6.78. The van der Waals surface area contributed by atoms with E-state index in [2.05, 4.69) is 17.9 Å². The summed E-state index contributed by atoms with van der Waals surface area (Å²) in [5.74, 6) is 2.70. The second-order valence-electron chi connectivity index (χ2n) is 4.58. The van der Waals surface area contributed by atoms with Gasteiger partial charge in [0.25, 0.3) is 0 Å². The van der Waals surface area contributed by atoms with Crippen molar-refractivity contribution in [2.75, 3.05) is 29.5 Å². The maximum Gasteiger partial charge on any atom is 0.165 e. The van der Waals surface area contributed by atoms with E-state index in [4.69, 9.17) is 0 Å². The zero-order chi connectivity index (χ0) is 12.8. The first-order valence-corrected chi connectivity index (χ1v) is 7.93. The molecule has 98 valence electrons. The van der Waals surface area contributed by atoms with E-state index in [1.807, 2.05) is 30.0 Å². The lowest BCUT2D eigenvalue weighted by molar-refractivity contribution is 0.0984. The Hall–Kier alpha value is -0.960. The number of rotatable bonds is 5. The van der Waals surface area contributed by atoms with Crippen molar-refractivity contribution in [1.82, 2.24) is 0 Å². The summed E-state index contributed by atoms with van der Waals surface area (Å²) in [5, 5.41) is 0. The summed E-state index contributed by atoms with van der Waals surface area (Å²) < 4.78 is 0.